The summed E-state index contributed by atoms with van der Waals surface area (Å²) >= 11 is 5.30. The van der Waals surface area contributed by atoms with Gasteiger partial charge in [0.25, 0.3) is 5.69 Å². The van der Waals surface area contributed by atoms with Gasteiger partial charge in [-0.25, -0.2) is 4.98 Å². The third-order valence-electron chi connectivity index (χ3n) is 1.60. The summed E-state index contributed by atoms with van der Waals surface area (Å²) in [6, 6.07) is 0.575. The van der Waals surface area contributed by atoms with Crippen molar-refractivity contribution in [1.29, 1.82) is 0 Å². The molecule has 0 saturated carbocycles. The van der Waals surface area contributed by atoms with E-state index < -0.39 is 22.5 Å². The lowest BCUT2D eigenvalue weighted by atomic mass is 10.2. The molecule has 1 heterocycles. The van der Waals surface area contributed by atoms with Crippen molar-refractivity contribution in [3.63, 3.8) is 0 Å². The summed E-state index contributed by atoms with van der Waals surface area (Å²) in [5, 5.41) is 10.4. The van der Waals surface area contributed by atoms with Gasteiger partial charge in [-0.2, -0.15) is 13.2 Å². The average molecular weight is 241 g/mol. The number of halogens is 4. The van der Waals surface area contributed by atoms with Gasteiger partial charge < -0.3 is 0 Å². The van der Waals surface area contributed by atoms with Gasteiger partial charge in [-0.1, -0.05) is 0 Å². The zero-order valence-electron chi connectivity index (χ0n) is 7.08. The van der Waals surface area contributed by atoms with Crippen molar-refractivity contribution in [2.75, 3.05) is 0 Å². The fourth-order valence-electron chi connectivity index (χ4n) is 0.916. The Labute approximate surface area is 86.8 Å². The molecule has 0 N–H and O–H groups in total. The van der Waals surface area contributed by atoms with Gasteiger partial charge in [-0.3, -0.25) is 10.1 Å². The number of aromatic nitrogens is 1. The lowest BCUT2D eigenvalue weighted by Gasteiger charge is -2.06. The van der Waals surface area contributed by atoms with Crippen LogP contribution in [0.15, 0.2) is 12.3 Å². The van der Waals surface area contributed by atoms with Gasteiger partial charge in [0, 0.05) is 5.56 Å². The monoisotopic (exact) mass is 240 g/mol. The molecular weight excluding hydrogens is 237 g/mol. The Hall–Kier alpha value is -1.37. The number of hydrogen-bond acceptors (Lipinski definition) is 3. The molecule has 0 atom stereocenters. The Morgan fingerprint density at radius 2 is 2.13 bits per heavy atom. The number of rotatable bonds is 2. The van der Waals surface area contributed by atoms with Crippen LogP contribution in [-0.2, 0) is 12.1 Å². The van der Waals surface area contributed by atoms with Gasteiger partial charge in [0.1, 0.15) is 11.9 Å². The Balaban J connectivity index is 3.25. The standard InChI is InChI=1S/C7H4ClF3N2O2/c8-2-4-1-6(7(9,10)11)12-3-5(4)13(14)15/h1,3H,2H2. The predicted molar refractivity (Wildman–Crippen MR) is 45.5 cm³/mol. The van der Waals surface area contributed by atoms with Crippen LogP contribution in [0.1, 0.15) is 11.3 Å². The quantitative estimate of drug-likeness (QED) is 0.454. The highest BCUT2D eigenvalue weighted by atomic mass is 35.5. The van der Waals surface area contributed by atoms with Crippen LogP contribution < -0.4 is 0 Å². The van der Waals surface area contributed by atoms with E-state index in [1.165, 1.54) is 0 Å². The van der Waals surface area contributed by atoms with Crippen molar-refractivity contribution in [3.8, 4) is 0 Å². The number of alkyl halides is 4. The first-order valence-electron chi connectivity index (χ1n) is 3.62. The van der Waals surface area contributed by atoms with Crippen molar-refractivity contribution in [2.24, 2.45) is 0 Å². The van der Waals surface area contributed by atoms with Gasteiger partial charge in [0.05, 0.1) is 10.8 Å². The van der Waals surface area contributed by atoms with E-state index in [1.54, 1.807) is 0 Å². The van der Waals surface area contributed by atoms with E-state index in [0.717, 1.165) is 0 Å². The van der Waals surface area contributed by atoms with Crippen molar-refractivity contribution < 1.29 is 18.1 Å². The highest BCUT2D eigenvalue weighted by Crippen LogP contribution is 2.30. The Bertz CT molecular complexity index is 394. The minimum Gasteiger partial charge on any atom is -0.258 e. The topological polar surface area (TPSA) is 56.0 Å². The summed E-state index contributed by atoms with van der Waals surface area (Å²) in [6.07, 6.45) is -4.07. The highest BCUT2D eigenvalue weighted by Gasteiger charge is 2.34. The molecule has 15 heavy (non-hydrogen) atoms. The summed E-state index contributed by atoms with van der Waals surface area (Å²) in [5.74, 6) is -0.373. The summed E-state index contributed by atoms with van der Waals surface area (Å²) in [6.45, 7) is 0. The van der Waals surface area contributed by atoms with Crippen LogP contribution in [0.5, 0.6) is 0 Å². The smallest absolute Gasteiger partial charge is 0.258 e. The van der Waals surface area contributed by atoms with Crippen LogP contribution in [0.3, 0.4) is 0 Å². The highest BCUT2D eigenvalue weighted by molar-refractivity contribution is 6.17. The molecule has 4 nitrogen and oxygen atoms in total. The molecule has 0 spiro atoms. The summed E-state index contributed by atoms with van der Waals surface area (Å²) in [7, 11) is 0. The maximum atomic E-state index is 12.2. The molecule has 0 aliphatic carbocycles. The van der Waals surface area contributed by atoms with E-state index in [2.05, 4.69) is 4.98 Å². The summed E-state index contributed by atoms with van der Waals surface area (Å²) < 4.78 is 36.5. The number of nitro groups is 1. The lowest BCUT2D eigenvalue weighted by molar-refractivity contribution is -0.385. The first kappa shape index (κ1) is 11.7. The van der Waals surface area contributed by atoms with E-state index in [9.17, 15) is 23.3 Å². The molecule has 0 unspecified atom stereocenters. The third-order valence-corrected chi connectivity index (χ3v) is 1.88. The van der Waals surface area contributed by atoms with Gasteiger partial charge in [0.2, 0.25) is 0 Å². The second-order valence-corrected chi connectivity index (χ2v) is 2.85. The molecule has 0 fully saturated rings. The fraction of sp³-hybridized carbons (Fsp3) is 0.286. The summed E-state index contributed by atoms with van der Waals surface area (Å²) in [5.41, 5.74) is -1.91. The molecule has 82 valence electrons. The van der Waals surface area contributed by atoms with Crippen LogP contribution in [0.2, 0.25) is 0 Å². The molecule has 0 bridgehead atoms. The SMILES string of the molecule is O=[N+]([O-])c1cnc(C(F)(F)F)cc1CCl. The van der Waals surface area contributed by atoms with Gasteiger partial charge in [-0.15, -0.1) is 11.6 Å². The fourth-order valence-corrected chi connectivity index (χ4v) is 1.13. The molecule has 1 aromatic heterocycles. The molecule has 0 amide bonds. The molecule has 8 heteroatoms. The Morgan fingerprint density at radius 1 is 1.53 bits per heavy atom. The van der Waals surface area contributed by atoms with Crippen molar-refractivity contribution >= 4 is 17.3 Å². The second-order valence-electron chi connectivity index (χ2n) is 2.59. The first-order chi connectivity index (χ1) is 6.86. The third kappa shape index (κ3) is 2.56. The van der Waals surface area contributed by atoms with E-state index in [0.29, 0.717) is 12.3 Å². The minimum atomic E-state index is -4.63. The maximum Gasteiger partial charge on any atom is 0.433 e. The number of hydrogen-bond donors (Lipinski definition) is 0. The van der Waals surface area contributed by atoms with Gasteiger partial charge in [-0.05, 0) is 6.07 Å². The zero-order chi connectivity index (χ0) is 11.6. The summed E-state index contributed by atoms with van der Waals surface area (Å²) in [4.78, 5) is 12.5. The minimum absolute atomic E-state index is 0.205. The maximum absolute atomic E-state index is 12.2. The molecule has 0 aliphatic rings. The van der Waals surface area contributed by atoms with Crippen molar-refractivity contribution in [1.82, 2.24) is 4.98 Å². The molecule has 0 saturated heterocycles. The van der Waals surface area contributed by atoms with E-state index in [1.807, 2.05) is 0 Å². The second kappa shape index (κ2) is 4.01. The van der Waals surface area contributed by atoms with Crippen LogP contribution in [0, 0.1) is 10.1 Å². The molecule has 0 radical (unpaired) electrons. The molecule has 0 aliphatic heterocycles. The molecular formula is C7H4ClF3N2O2. The van der Waals surface area contributed by atoms with Crippen LogP contribution in [-0.4, -0.2) is 9.91 Å². The van der Waals surface area contributed by atoms with E-state index in [4.69, 9.17) is 11.6 Å². The van der Waals surface area contributed by atoms with Crippen LogP contribution in [0.25, 0.3) is 0 Å². The predicted octanol–water partition coefficient (Wildman–Crippen LogP) is 2.75. The Kier molecular flexibility index (Phi) is 3.13. The normalized spacial score (nSPS) is 11.5. The molecule has 1 rings (SSSR count). The van der Waals surface area contributed by atoms with E-state index in [-0.39, 0.29) is 11.4 Å². The lowest BCUT2D eigenvalue weighted by Crippen LogP contribution is -2.09. The van der Waals surface area contributed by atoms with Gasteiger partial charge in [0.15, 0.2) is 0 Å². The van der Waals surface area contributed by atoms with Crippen LogP contribution >= 0.6 is 11.6 Å². The number of pyridine rings is 1. The molecule has 0 aromatic carbocycles. The van der Waals surface area contributed by atoms with Crippen molar-refractivity contribution in [3.05, 3.63) is 33.6 Å². The number of nitrogens with zero attached hydrogens (tertiary/aromatic N) is 2. The Morgan fingerprint density at radius 3 is 2.53 bits per heavy atom. The van der Waals surface area contributed by atoms with Crippen molar-refractivity contribution in [2.45, 2.75) is 12.1 Å². The molecule has 1 aromatic rings. The van der Waals surface area contributed by atoms with Crippen LogP contribution in [0.4, 0.5) is 18.9 Å². The van der Waals surface area contributed by atoms with E-state index >= 15 is 0 Å². The largest absolute Gasteiger partial charge is 0.433 e. The average Bonchev–Trinajstić information content (AvgIpc) is 2.15. The first-order valence-corrected chi connectivity index (χ1v) is 4.16. The van der Waals surface area contributed by atoms with Gasteiger partial charge >= 0.3 is 6.18 Å². The zero-order valence-corrected chi connectivity index (χ0v) is 7.84.